The molecule has 0 fully saturated rings. The van der Waals surface area contributed by atoms with Crippen LogP contribution in [0.5, 0.6) is 0 Å². The monoisotopic (exact) mass is 308 g/mol. The van der Waals surface area contributed by atoms with Crippen molar-refractivity contribution in [2.24, 2.45) is 0 Å². The van der Waals surface area contributed by atoms with E-state index in [1.807, 2.05) is 0 Å². The molecular formula is C16H17ClS2. The predicted molar refractivity (Wildman–Crippen MR) is 89.0 cm³/mol. The summed E-state index contributed by atoms with van der Waals surface area (Å²) < 4.78 is 0. The first-order valence-corrected chi connectivity index (χ1v) is 9.10. The Morgan fingerprint density at radius 1 is 0.789 bits per heavy atom. The van der Waals surface area contributed by atoms with Crippen LogP contribution in [0.4, 0.5) is 0 Å². The summed E-state index contributed by atoms with van der Waals surface area (Å²) in [6.07, 6.45) is 4.18. The Hall–Kier alpha value is -0.570. The lowest BCUT2D eigenvalue weighted by atomic mass is 9.93. The van der Waals surface area contributed by atoms with Crippen molar-refractivity contribution >= 4 is 35.1 Å². The van der Waals surface area contributed by atoms with Crippen molar-refractivity contribution in [2.45, 2.75) is 15.7 Å². The summed E-state index contributed by atoms with van der Waals surface area (Å²) in [6, 6.07) is 17.4. The Balaban J connectivity index is 2.26. The molecule has 0 aliphatic heterocycles. The van der Waals surface area contributed by atoms with Crippen molar-refractivity contribution in [3.05, 3.63) is 59.7 Å². The first kappa shape index (κ1) is 14.8. The van der Waals surface area contributed by atoms with Gasteiger partial charge in [0.1, 0.15) is 0 Å². The zero-order chi connectivity index (χ0) is 13.7. The molecule has 0 amide bonds. The molecule has 2 aromatic carbocycles. The van der Waals surface area contributed by atoms with E-state index in [1.165, 1.54) is 20.9 Å². The van der Waals surface area contributed by atoms with Gasteiger partial charge in [-0.25, -0.2) is 0 Å². The first-order valence-electron chi connectivity index (χ1n) is 6.12. The van der Waals surface area contributed by atoms with Gasteiger partial charge in [-0.2, -0.15) is 0 Å². The zero-order valence-electron chi connectivity index (χ0n) is 11.1. The molecule has 0 unspecified atom stereocenters. The van der Waals surface area contributed by atoms with Crippen LogP contribution < -0.4 is 0 Å². The lowest BCUT2D eigenvalue weighted by Gasteiger charge is -2.15. The van der Waals surface area contributed by atoms with Crippen LogP contribution in [0.15, 0.2) is 58.3 Å². The summed E-state index contributed by atoms with van der Waals surface area (Å²) >= 11 is 9.70. The third-order valence-corrected chi connectivity index (χ3v) is 4.99. The van der Waals surface area contributed by atoms with Gasteiger partial charge >= 0.3 is 0 Å². The number of hydrogen-bond donors (Lipinski definition) is 0. The summed E-state index contributed by atoms with van der Waals surface area (Å²) in [4.78, 5) is 2.57. The Morgan fingerprint density at radius 3 is 1.42 bits per heavy atom. The highest BCUT2D eigenvalue weighted by Crippen LogP contribution is 2.29. The minimum atomic E-state index is 0.272. The number of rotatable bonds is 5. The second-order valence-electron chi connectivity index (χ2n) is 4.25. The van der Waals surface area contributed by atoms with E-state index in [0.717, 1.165) is 0 Å². The van der Waals surface area contributed by atoms with Crippen molar-refractivity contribution in [3.8, 4) is 0 Å². The maximum absolute atomic E-state index is 6.17. The average molecular weight is 309 g/mol. The number of thioether (sulfide) groups is 2. The second-order valence-corrected chi connectivity index (χ2v) is 6.32. The molecule has 2 aromatic rings. The fraction of sp³-hybridized carbons (Fsp3) is 0.250. The highest BCUT2D eigenvalue weighted by molar-refractivity contribution is 7.98. The van der Waals surface area contributed by atoms with Crippen LogP contribution in [-0.4, -0.2) is 18.4 Å². The van der Waals surface area contributed by atoms with Crippen molar-refractivity contribution in [2.75, 3.05) is 18.4 Å². The molecule has 0 spiro atoms. The largest absolute Gasteiger partial charge is 0.130 e. The molecule has 0 heterocycles. The molecule has 0 radical (unpaired) electrons. The van der Waals surface area contributed by atoms with E-state index in [4.69, 9.17) is 11.6 Å². The molecule has 0 saturated carbocycles. The van der Waals surface area contributed by atoms with Crippen LogP contribution in [0.3, 0.4) is 0 Å². The van der Waals surface area contributed by atoms with E-state index in [2.05, 4.69) is 61.0 Å². The summed E-state index contributed by atoms with van der Waals surface area (Å²) in [6.45, 7) is 0. The molecule has 19 heavy (non-hydrogen) atoms. The van der Waals surface area contributed by atoms with Crippen molar-refractivity contribution in [1.82, 2.24) is 0 Å². The molecule has 0 aromatic heterocycles. The van der Waals surface area contributed by atoms with Crippen LogP contribution in [-0.2, 0) is 0 Å². The minimum Gasteiger partial charge on any atom is -0.130 e. The average Bonchev–Trinajstić information content (AvgIpc) is 2.49. The molecular weight excluding hydrogens is 292 g/mol. The fourth-order valence-corrected chi connectivity index (χ4v) is 3.22. The Labute approximate surface area is 128 Å². The molecule has 0 aliphatic rings. The van der Waals surface area contributed by atoms with E-state index >= 15 is 0 Å². The number of benzene rings is 2. The second kappa shape index (κ2) is 7.28. The van der Waals surface area contributed by atoms with E-state index in [0.29, 0.717) is 5.88 Å². The minimum absolute atomic E-state index is 0.272. The van der Waals surface area contributed by atoms with Crippen LogP contribution in [0.25, 0.3) is 0 Å². The van der Waals surface area contributed by atoms with Crippen LogP contribution in [0.2, 0.25) is 0 Å². The van der Waals surface area contributed by atoms with Gasteiger partial charge in [0.25, 0.3) is 0 Å². The van der Waals surface area contributed by atoms with Gasteiger partial charge in [0, 0.05) is 21.6 Å². The summed E-state index contributed by atoms with van der Waals surface area (Å²) in [7, 11) is 0. The molecule has 100 valence electrons. The third-order valence-electron chi connectivity index (χ3n) is 3.19. The molecule has 0 aliphatic carbocycles. The molecule has 0 N–H and O–H groups in total. The first-order chi connectivity index (χ1) is 9.28. The van der Waals surface area contributed by atoms with Crippen LogP contribution in [0.1, 0.15) is 17.0 Å². The smallest absolute Gasteiger partial charge is 0.0333 e. The van der Waals surface area contributed by atoms with E-state index in [1.54, 1.807) is 23.5 Å². The molecule has 0 saturated heterocycles. The molecule has 0 bridgehead atoms. The molecule has 0 nitrogen and oxygen atoms in total. The molecule has 3 heteroatoms. The van der Waals surface area contributed by atoms with Crippen LogP contribution >= 0.6 is 35.1 Å². The molecule has 2 rings (SSSR count). The predicted octanol–water partition coefficient (Wildman–Crippen LogP) is 5.50. The van der Waals surface area contributed by atoms with Crippen LogP contribution in [0, 0.1) is 0 Å². The topological polar surface area (TPSA) is 0 Å². The summed E-state index contributed by atoms with van der Waals surface area (Å²) in [5.74, 6) is 0.880. The van der Waals surface area contributed by atoms with E-state index in [-0.39, 0.29) is 5.92 Å². The molecule has 0 atom stereocenters. The van der Waals surface area contributed by atoms with Gasteiger partial charge < -0.3 is 0 Å². The van der Waals surface area contributed by atoms with Crippen molar-refractivity contribution in [1.29, 1.82) is 0 Å². The summed E-state index contributed by atoms with van der Waals surface area (Å²) in [5, 5.41) is 0. The number of alkyl halides is 1. The van der Waals surface area contributed by atoms with Gasteiger partial charge in [0.2, 0.25) is 0 Å². The SMILES string of the molecule is CSc1ccc(C(CCl)c2ccc(SC)cc2)cc1. The Bertz CT molecular complexity index is 458. The Morgan fingerprint density at radius 2 is 1.16 bits per heavy atom. The van der Waals surface area contributed by atoms with Gasteiger partial charge in [-0.05, 0) is 47.9 Å². The summed E-state index contributed by atoms with van der Waals surface area (Å²) in [5.41, 5.74) is 2.56. The van der Waals surface area contributed by atoms with E-state index < -0.39 is 0 Å². The maximum Gasteiger partial charge on any atom is 0.0333 e. The number of hydrogen-bond acceptors (Lipinski definition) is 2. The van der Waals surface area contributed by atoms with Gasteiger partial charge in [-0.15, -0.1) is 35.1 Å². The van der Waals surface area contributed by atoms with Gasteiger partial charge in [-0.1, -0.05) is 24.3 Å². The fourth-order valence-electron chi connectivity index (χ4n) is 2.04. The van der Waals surface area contributed by atoms with E-state index in [9.17, 15) is 0 Å². The lowest BCUT2D eigenvalue weighted by molar-refractivity contribution is 0.926. The standard InChI is InChI=1S/C16H17ClS2/c1-18-14-7-3-12(4-8-14)16(11-17)13-5-9-15(19-2)10-6-13/h3-10,16H,11H2,1-2H3. The third kappa shape index (κ3) is 3.71. The maximum atomic E-state index is 6.17. The van der Waals surface area contributed by atoms with Gasteiger partial charge in [0.05, 0.1) is 0 Å². The lowest BCUT2D eigenvalue weighted by Crippen LogP contribution is -2.02. The number of halogens is 1. The van der Waals surface area contributed by atoms with Crippen molar-refractivity contribution in [3.63, 3.8) is 0 Å². The van der Waals surface area contributed by atoms with Gasteiger partial charge in [0.15, 0.2) is 0 Å². The van der Waals surface area contributed by atoms with Gasteiger partial charge in [-0.3, -0.25) is 0 Å². The quantitative estimate of drug-likeness (QED) is 0.528. The van der Waals surface area contributed by atoms with Crippen molar-refractivity contribution < 1.29 is 0 Å². The highest BCUT2D eigenvalue weighted by atomic mass is 35.5. The Kier molecular flexibility index (Phi) is 5.68. The normalized spacial score (nSPS) is 10.9. The zero-order valence-corrected chi connectivity index (χ0v) is 13.5. The highest BCUT2D eigenvalue weighted by Gasteiger charge is 2.12.